The summed E-state index contributed by atoms with van der Waals surface area (Å²) < 4.78 is 1.64. The van der Waals surface area contributed by atoms with E-state index in [0.29, 0.717) is 29.0 Å². The zero-order valence-corrected chi connectivity index (χ0v) is 17.9. The fraction of sp³-hybridized carbons (Fsp3) is 0.364. The van der Waals surface area contributed by atoms with Gasteiger partial charge in [0.05, 0.1) is 11.7 Å². The fourth-order valence-corrected chi connectivity index (χ4v) is 3.22. The molecule has 0 aliphatic heterocycles. The number of rotatable bonds is 8. The number of hydrogen-bond donors (Lipinski definition) is 3. The minimum Gasteiger partial charge on any atom is -0.352 e. The Morgan fingerprint density at radius 2 is 2.03 bits per heavy atom. The number of hydrogen-bond acceptors (Lipinski definition) is 6. The Kier molecular flexibility index (Phi) is 5.85. The molecule has 0 unspecified atom stereocenters. The van der Waals surface area contributed by atoms with Gasteiger partial charge < -0.3 is 10.6 Å². The van der Waals surface area contributed by atoms with E-state index in [2.05, 4.69) is 26.2 Å². The molecule has 1 aliphatic rings. The van der Waals surface area contributed by atoms with Gasteiger partial charge in [-0.1, -0.05) is 13.0 Å². The highest BCUT2D eigenvalue weighted by Gasteiger charge is 2.24. The van der Waals surface area contributed by atoms with E-state index in [-0.39, 0.29) is 17.9 Å². The van der Waals surface area contributed by atoms with E-state index in [1.54, 1.807) is 22.8 Å². The first-order valence-corrected chi connectivity index (χ1v) is 10.4. The smallest absolute Gasteiger partial charge is 0.274 e. The molecule has 2 heterocycles. The maximum Gasteiger partial charge on any atom is 0.274 e. The summed E-state index contributed by atoms with van der Waals surface area (Å²) in [6.07, 6.45) is 6.06. The minimum absolute atomic E-state index is 0.127. The minimum atomic E-state index is -0.295. The van der Waals surface area contributed by atoms with Crippen LogP contribution in [0.2, 0.25) is 0 Å². The van der Waals surface area contributed by atoms with Crippen molar-refractivity contribution in [1.82, 2.24) is 25.4 Å². The summed E-state index contributed by atoms with van der Waals surface area (Å²) in [7, 11) is 0. The second kappa shape index (κ2) is 8.73. The van der Waals surface area contributed by atoms with Gasteiger partial charge in [0, 0.05) is 24.0 Å². The number of aromatic nitrogens is 3. The van der Waals surface area contributed by atoms with Crippen LogP contribution in [-0.2, 0) is 4.84 Å². The van der Waals surface area contributed by atoms with Gasteiger partial charge in [0.25, 0.3) is 11.8 Å². The number of fused-ring (bicyclic) bond motifs is 1. The van der Waals surface area contributed by atoms with Gasteiger partial charge in [-0.3, -0.25) is 14.4 Å². The lowest BCUT2D eigenvalue weighted by Gasteiger charge is -2.12. The molecule has 3 aromatic rings. The molecular formula is C22H26N6O3. The third kappa shape index (κ3) is 4.51. The molecule has 1 fully saturated rings. The zero-order valence-electron chi connectivity index (χ0n) is 17.9. The first kappa shape index (κ1) is 20.8. The van der Waals surface area contributed by atoms with E-state index in [9.17, 15) is 9.59 Å². The molecule has 1 aliphatic carbocycles. The van der Waals surface area contributed by atoms with Gasteiger partial charge in [0.2, 0.25) is 0 Å². The topological polar surface area (TPSA) is 110 Å². The molecule has 0 saturated heterocycles. The number of carbonyl (C=O) groups excluding carboxylic acids is 2. The predicted molar refractivity (Wildman–Crippen MR) is 116 cm³/mol. The molecule has 0 atom stereocenters. The number of aryl methyl sites for hydroxylation is 2. The summed E-state index contributed by atoms with van der Waals surface area (Å²) in [5, 5.41) is 10.4. The highest BCUT2D eigenvalue weighted by Crippen LogP contribution is 2.28. The van der Waals surface area contributed by atoms with Crippen LogP contribution in [0.5, 0.6) is 0 Å². The Bertz CT molecular complexity index is 1140. The van der Waals surface area contributed by atoms with Gasteiger partial charge in [0.1, 0.15) is 11.8 Å². The molecule has 2 aromatic heterocycles. The first-order chi connectivity index (χ1) is 15.0. The van der Waals surface area contributed by atoms with Crippen molar-refractivity contribution < 1.29 is 14.4 Å². The van der Waals surface area contributed by atoms with Gasteiger partial charge >= 0.3 is 0 Å². The fourth-order valence-electron chi connectivity index (χ4n) is 3.22. The summed E-state index contributed by atoms with van der Waals surface area (Å²) in [5.41, 5.74) is 6.70. The van der Waals surface area contributed by atoms with Crippen LogP contribution in [0.1, 0.15) is 58.0 Å². The molecule has 162 valence electrons. The van der Waals surface area contributed by atoms with Crippen molar-refractivity contribution in [3.63, 3.8) is 0 Å². The van der Waals surface area contributed by atoms with E-state index >= 15 is 0 Å². The largest absolute Gasteiger partial charge is 0.352 e. The lowest BCUT2D eigenvalue weighted by molar-refractivity contribution is 0.0229. The summed E-state index contributed by atoms with van der Waals surface area (Å²) in [4.78, 5) is 34.6. The van der Waals surface area contributed by atoms with E-state index in [1.807, 2.05) is 26.8 Å². The molecule has 2 amide bonds. The average molecular weight is 422 g/mol. The Morgan fingerprint density at radius 1 is 1.23 bits per heavy atom. The van der Waals surface area contributed by atoms with E-state index in [4.69, 9.17) is 4.84 Å². The molecule has 4 rings (SSSR count). The third-order valence-corrected chi connectivity index (χ3v) is 5.20. The quantitative estimate of drug-likeness (QED) is 0.482. The molecule has 9 nitrogen and oxygen atoms in total. The number of anilines is 2. The average Bonchev–Trinajstić information content (AvgIpc) is 3.53. The van der Waals surface area contributed by atoms with Gasteiger partial charge in [-0.2, -0.15) is 5.10 Å². The summed E-state index contributed by atoms with van der Waals surface area (Å²) in [6.45, 7) is 6.43. The van der Waals surface area contributed by atoms with Gasteiger partial charge in [-0.05, 0) is 56.4 Å². The first-order valence-electron chi connectivity index (χ1n) is 10.4. The number of hydroxylamine groups is 1. The summed E-state index contributed by atoms with van der Waals surface area (Å²) in [5.74, 6) is 0.120. The molecule has 1 saturated carbocycles. The Balaban J connectivity index is 1.62. The van der Waals surface area contributed by atoms with Gasteiger partial charge in [-0.15, -0.1) is 0 Å². The molecule has 3 N–H and O–H groups in total. The van der Waals surface area contributed by atoms with E-state index < -0.39 is 0 Å². The van der Waals surface area contributed by atoms with Crippen molar-refractivity contribution in [1.29, 1.82) is 0 Å². The van der Waals surface area contributed by atoms with Crippen LogP contribution in [0.15, 0.2) is 30.7 Å². The summed E-state index contributed by atoms with van der Waals surface area (Å²) >= 11 is 0. The van der Waals surface area contributed by atoms with Crippen molar-refractivity contribution in [2.75, 3.05) is 11.9 Å². The number of amides is 2. The molecule has 0 radical (unpaired) electrons. The van der Waals surface area contributed by atoms with Crippen LogP contribution >= 0.6 is 0 Å². The zero-order chi connectivity index (χ0) is 22.0. The standard InChI is InChI=1S/C22H26N6O3/c1-4-9-23-22(30)17-11-28-19(14(17)3)20(24-12-25-28)26-18-10-15(6-5-13(18)2)21(29)27-31-16-7-8-16/h5-6,10-12,16H,4,7-9H2,1-3H3,(H,23,30)(H,27,29)(H,24,25,26). The predicted octanol–water partition coefficient (Wildman–Crippen LogP) is 3.05. The molecule has 0 bridgehead atoms. The van der Waals surface area contributed by atoms with Crippen LogP contribution in [-0.4, -0.2) is 39.1 Å². The molecule has 1 aromatic carbocycles. The van der Waals surface area contributed by atoms with Crippen molar-refractivity contribution in [2.45, 2.75) is 46.1 Å². The van der Waals surface area contributed by atoms with Crippen LogP contribution < -0.4 is 16.1 Å². The van der Waals surface area contributed by atoms with Crippen LogP contribution in [0, 0.1) is 13.8 Å². The maximum atomic E-state index is 12.5. The molecule has 0 spiro atoms. The van der Waals surface area contributed by atoms with E-state index in [0.717, 1.165) is 36.1 Å². The molecule has 9 heteroatoms. The second-order valence-corrected chi connectivity index (χ2v) is 7.73. The number of carbonyl (C=O) groups is 2. The molecule has 31 heavy (non-hydrogen) atoms. The normalized spacial score (nSPS) is 13.3. The van der Waals surface area contributed by atoms with Gasteiger partial charge in [0.15, 0.2) is 5.82 Å². The second-order valence-electron chi connectivity index (χ2n) is 7.73. The molecular weight excluding hydrogens is 396 g/mol. The third-order valence-electron chi connectivity index (χ3n) is 5.20. The number of nitrogens with one attached hydrogen (secondary N) is 3. The van der Waals surface area contributed by atoms with Crippen molar-refractivity contribution in [2.24, 2.45) is 0 Å². The Morgan fingerprint density at radius 3 is 2.77 bits per heavy atom. The highest BCUT2D eigenvalue weighted by molar-refractivity contribution is 5.99. The highest BCUT2D eigenvalue weighted by atomic mass is 16.7. The lowest BCUT2D eigenvalue weighted by Crippen LogP contribution is -2.24. The van der Waals surface area contributed by atoms with Crippen molar-refractivity contribution in [3.05, 3.63) is 53.0 Å². The lowest BCUT2D eigenvalue weighted by atomic mass is 10.1. The number of nitrogens with zero attached hydrogens (tertiary/aromatic N) is 3. The van der Waals surface area contributed by atoms with Crippen LogP contribution in [0.25, 0.3) is 5.52 Å². The Labute approximate surface area is 180 Å². The van der Waals surface area contributed by atoms with E-state index in [1.165, 1.54) is 6.33 Å². The maximum absolute atomic E-state index is 12.5. The van der Waals surface area contributed by atoms with Crippen LogP contribution in [0.4, 0.5) is 11.5 Å². The van der Waals surface area contributed by atoms with Crippen molar-refractivity contribution in [3.8, 4) is 0 Å². The number of benzene rings is 1. The summed E-state index contributed by atoms with van der Waals surface area (Å²) in [6, 6.07) is 5.37. The monoisotopic (exact) mass is 422 g/mol. The Hall–Kier alpha value is -3.46. The van der Waals surface area contributed by atoms with Crippen LogP contribution in [0.3, 0.4) is 0 Å². The van der Waals surface area contributed by atoms with Crippen molar-refractivity contribution >= 4 is 28.8 Å². The van der Waals surface area contributed by atoms with Gasteiger partial charge in [-0.25, -0.2) is 15.0 Å². The SMILES string of the molecule is CCCNC(=O)c1cn2ncnc(Nc3cc(C(=O)NOC4CC4)ccc3C)c2c1C.